The van der Waals surface area contributed by atoms with Crippen LogP contribution in [0, 0.1) is 0 Å². The summed E-state index contributed by atoms with van der Waals surface area (Å²) in [7, 11) is 0. The van der Waals surface area contributed by atoms with Crippen molar-refractivity contribution in [3.05, 3.63) is 156 Å². The van der Waals surface area contributed by atoms with Crippen LogP contribution in [0.4, 0.5) is 28.7 Å². The summed E-state index contributed by atoms with van der Waals surface area (Å²) in [4.78, 5) is 24.0. The maximum atomic E-state index is 10.9. The van der Waals surface area contributed by atoms with Crippen LogP contribution in [0.15, 0.2) is 139 Å². The van der Waals surface area contributed by atoms with Crippen molar-refractivity contribution in [2.45, 2.75) is 13.2 Å². The van der Waals surface area contributed by atoms with Crippen molar-refractivity contribution < 1.29 is 15.0 Å². The Hall–Kier alpha value is -6.77. The fourth-order valence-electron chi connectivity index (χ4n) is 5.72. The number of nitrogen functional groups attached to an aromatic ring is 1. The summed E-state index contributed by atoms with van der Waals surface area (Å²) in [5, 5.41) is 34.0. The molecule has 13 nitrogen and oxygen atoms in total. The zero-order valence-electron chi connectivity index (χ0n) is 28.6. The number of aliphatic hydroxyl groups is 2. The van der Waals surface area contributed by atoms with Gasteiger partial charge in [0.05, 0.1) is 30.3 Å². The van der Waals surface area contributed by atoms with Crippen LogP contribution in [0.5, 0.6) is 0 Å². The van der Waals surface area contributed by atoms with Gasteiger partial charge in [-0.25, -0.2) is 20.8 Å². The number of nitrogens with one attached hydrogen (secondary N) is 3. The number of hydrogen-bond acceptors (Lipinski definition) is 11. The highest BCUT2D eigenvalue weighted by Gasteiger charge is 2.25. The van der Waals surface area contributed by atoms with Gasteiger partial charge in [-0.1, -0.05) is 72.3 Å². The van der Waals surface area contributed by atoms with Crippen molar-refractivity contribution in [2.75, 3.05) is 10.6 Å². The number of halogens is 1. The van der Waals surface area contributed by atoms with Gasteiger partial charge in [-0.05, 0) is 71.8 Å². The largest absolute Gasteiger partial charge is 0.392 e. The second-order valence-corrected chi connectivity index (χ2v) is 12.2. The van der Waals surface area contributed by atoms with E-state index in [0.29, 0.717) is 10.7 Å². The minimum absolute atomic E-state index is 0.0161. The highest BCUT2D eigenvalue weighted by molar-refractivity contribution is 6.70. The van der Waals surface area contributed by atoms with E-state index in [1.165, 1.54) is 0 Å². The molecule has 2 aliphatic rings. The number of para-hydroxylation sites is 2. The molecule has 7 N–H and O–H groups in total. The number of pyridine rings is 2. The van der Waals surface area contributed by atoms with Crippen LogP contribution in [0.1, 0.15) is 27.0 Å². The molecular formula is C40H33ClN10O3. The molecule has 0 radical (unpaired) electrons. The summed E-state index contributed by atoms with van der Waals surface area (Å²) in [6.07, 6.45) is 3.49. The number of benzene rings is 4. The molecule has 0 spiro atoms. The smallest absolute Gasteiger partial charge is 0.265 e. The molecular weight excluding hydrogens is 704 g/mol. The summed E-state index contributed by atoms with van der Waals surface area (Å²) in [6, 6.07) is 37.6. The van der Waals surface area contributed by atoms with Gasteiger partial charge < -0.3 is 20.8 Å². The number of hydrogen-bond donors (Lipinski definition) is 6. The molecule has 0 unspecified atom stereocenters. The Labute approximate surface area is 314 Å². The number of fused-ring (bicyclic) bond motifs is 7. The van der Waals surface area contributed by atoms with Crippen molar-refractivity contribution in [1.82, 2.24) is 30.2 Å². The minimum Gasteiger partial charge on any atom is -0.392 e. The van der Waals surface area contributed by atoms with Gasteiger partial charge in [0.15, 0.2) is 23.3 Å². The molecule has 2 aliphatic heterocycles. The summed E-state index contributed by atoms with van der Waals surface area (Å²) < 4.78 is 2.02. The standard InChI is InChI=1S/C20H15N5O.C12H8ClN3.C8H10N2O2/c26-12-13-7-9-14(10-8-13)19-23-24-20-15-4-1-2-5-16(15)22-18-17(25(19)20)6-3-11-21-18;13-11-8-4-1-2-5-9(8)16-12-10(15-11)6-3-7-14-12;9-10-8(12)7-3-1-6(5-11)2-4-7/h1-11,26H,12H2,(H,21,22);1-7H,(H,14,16);1-4,11H,5,9H2,(H,10,12). The molecule has 0 saturated carbocycles. The number of aromatic nitrogens is 5. The monoisotopic (exact) mass is 736 g/mol. The molecule has 0 aliphatic carbocycles. The second-order valence-electron chi connectivity index (χ2n) is 11.9. The number of anilines is 4. The van der Waals surface area contributed by atoms with E-state index in [0.717, 1.165) is 73.9 Å². The first-order valence-corrected chi connectivity index (χ1v) is 17.1. The topological polar surface area (TPSA) is 188 Å². The van der Waals surface area contributed by atoms with Gasteiger partial charge >= 0.3 is 0 Å². The number of nitrogens with two attached hydrogens (primary N) is 1. The van der Waals surface area contributed by atoms with Gasteiger partial charge in [0.25, 0.3) is 5.91 Å². The fourth-order valence-corrected chi connectivity index (χ4v) is 5.97. The maximum Gasteiger partial charge on any atom is 0.265 e. The van der Waals surface area contributed by atoms with Gasteiger partial charge in [-0.15, -0.1) is 10.2 Å². The molecule has 0 saturated heterocycles. The van der Waals surface area contributed by atoms with E-state index in [1.54, 1.807) is 36.7 Å². The van der Waals surface area contributed by atoms with E-state index in [-0.39, 0.29) is 19.1 Å². The molecule has 0 bridgehead atoms. The molecule has 54 heavy (non-hydrogen) atoms. The molecule has 3 aromatic heterocycles. The molecule has 1 amide bonds. The predicted molar refractivity (Wildman–Crippen MR) is 209 cm³/mol. The Morgan fingerprint density at radius 3 is 1.94 bits per heavy atom. The zero-order chi connectivity index (χ0) is 37.4. The van der Waals surface area contributed by atoms with Gasteiger partial charge in [-0.2, -0.15) is 0 Å². The number of aliphatic imine (C=N–C) groups is 1. The predicted octanol–water partition coefficient (Wildman–Crippen LogP) is 6.78. The first kappa shape index (κ1) is 35.6. The molecule has 9 rings (SSSR count). The number of aliphatic hydroxyl groups excluding tert-OH is 2. The lowest BCUT2D eigenvalue weighted by molar-refractivity contribution is 0.0953. The molecule has 14 heteroatoms. The van der Waals surface area contributed by atoms with E-state index in [4.69, 9.17) is 22.6 Å². The minimum atomic E-state index is -0.334. The third kappa shape index (κ3) is 7.55. The highest BCUT2D eigenvalue weighted by Crippen LogP contribution is 2.39. The summed E-state index contributed by atoms with van der Waals surface area (Å²) in [6.45, 7) is -0.00715. The summed E-state index contributed by atoms with van der Waals surface area (Å²) in [5.41, 5.74) is 10.4. The normalized spacial score (nSPS) is 11.6. The van der Waals surface area contributed by atoms with E-state index in [2.05, 4.69) is 35.8 Å². The highest BCUT2D eigenvalue weighted by atomic mass is 35.5. The van der Waals surface area contributed by atoms with Gasteiger partial charge in [-0.3, -0.25) is 14.8 Å². The first-order chi connectivity index (χ1) is 26.5. The second kappa shape index (κ2) is 16.3. The number of amides is 1. The SMILES string of the molecule is ClC1=Nc2cccnc2Nc2ccccc21.NNC(=O)c1ccc(CO)cc1.OCc1ccc(-c2nnc3n2-c2cccnc2Nc2ccccc2-3)cc1. The molecule has 4 aromatic carbocycles. The summed E-state index contributed by atoms with van der Waals surface area (Å²) in [5.74, 6) is 7.57. The number of carbonyl (C=O) groups excluding carboxylic acids is 1. The lowest BCUT2D eigenvalue weighted by Gasteiger charge is -2.11. The number of nitrogens with zero attached hydrogens (tertiary/aromatic N) is 6. The molecule has 5 heterocycles. The summed E-state index contributed by atoms with van der Waals surface area (Å²) >= 11 is 6.16. The van der Waals surface area contributed by atoms with Crippen molar-refractivity contribution in [3.8, 4) is 28.5 Å². The third-order valence-corrected chi connectivity index (χ3v) is 8.73. The van der Waals surface area contributed by atoms with Gasteiger partial charge in [0.2, 0.25) is 0 Å². The zero-order valence-corrected chi connectivity index (χ0v) is 29.3. The van der Waals surface area contributed by atoms with Gasteiger partial charge in [0.1, 0.15) is 10.9 Å². The van der Waals surface area contributed by atoms with E-state index >= 15 is 0 Å². The van der Waals surface area contributed by atoms with Crippen molar-refractivity contribution in [2.24, 2.45) is 10.8 Å². The lowest BCUT2D eigenvalue weighted by atomic mass is 10.1. The Morgan fingerprint density at radius 1 is 0.685 bits per heavy atom. The van der Waals surface area contributed by atoms with Gasteiger partial charge in [0, 0.05) is 34.6 Å². The number of carbonyl (C=O) groups is 1. The van der Waals surface area contributed by atoms with Crippen LogP contribution in [-0.4, -0.2) is 46.0 Å². The van der Waals surface area contributed by atoms with Crippen LogP contribution in [0.2, 0.25) is 0 Å². The Kier molecular flexibility index (Phi) is 10.7. The first-order valence-electron chi connectivity index (χ1n) is 16.7. The van der Waals surface area contributed by atoms with Crippen LogP contribution in [0.3, 0.4) is 0 Å². The molecule has 0 atom stereocenters. The molecule has 268 valence electrons. The Bertz CT molecular complexity index is 2450. The van der Waals surface area contributed by atoms with Crippen LogP contribution < -0.4 is 21.9 Å². The quantitative estimate of drug-likeness (QED) is 0.0638. The van der Waals surface area contributed by atoms with Crippen molar-refractivity contribution >= 4 is 51.4 Å². The maximum absolute atomic E-state index is 10.9. The molecule has 0 fully saturated rings. The van der Waals surface area contributed by atoms with E-state index in [9.17, 15) is 9.90 Å². The van der Waals surface area contributed by atoms with Crippen LogP contribution in [0.25, 0.3) is 28.5 Å². The lowest BCUT2D eigenvalue weighted by Crippen LogP contribution is -2.29. The average Bonchev–Trinajstić information content (AvgIpc) is 3.54. The van der Waals surface area contributed by atoms with E-state index < -0.39 is 0 Å². The van der Waals surface area contributed by atoms with Crippen molar-refractivity contribution in [3.63, 3.8) is 0 Å². The number of rotatable bonds is 4. The molecule has 7 aromatic rings. The van der Waals surface area contributed by atoms with Crippen LogP contribution >= 0.6 is 11.6 Å². The third-order valence-electron chi connectivity index (χ3n) is 8.44. The number of hydrazine groups is 1. The van der Waals surface area contributed by atoms with Crippen molar-refractivity contribution in [1.29, 1.82) is 0 Å². The van der Waals surface area contributed by atoms with E-state index in [1.807, 2.05) is 107 Å². The Balaban J connectivity index is 0.000000137. The Morgan fingerprint density at radius 2 is 1.26 bits per heavy atom. The fraction of sp³-hybridized carbons (Fsp3) is 0.0500. The van der Waals surface area contributed by atoms with Crippen LogP contribution in [-0.2, 0) is 13.2 Å². The average molecular weight is 737 g/mol.